The van der Waals surface area contributed by atoms with E-state index in [0.29, 0.717) is 11.7 Å². The summed E-state index contributed by atoms with van der Waals surface area (Å²) in [6.45, 7) is 3.27. The zero-order chi connectivity index (χ0) is 21.9. The topological polar surface area (TPSA) is 61.9 Å². The smallest absolute Gasteiger partial charge is 0.226 e. The van der Waals surface area contributed by atoms with Crippen LogP contribution >= 0.6 is 11.3 Å². The molecule has 1 aromatic heterocycles. The van der Waals surface area contributed by atoms with E-state index >= 15 is 0 Å². The summed E-state index contributed by atoms with van der Waals surface area (Å²) in [5.74, 6) is 1.00. The Bertz CT molecular complexity index is 1100. The molecule has 0 radical (unpaired) electrons. The molecule has 0 saturated carbocycles. The lowest BCUT2D eigenvalue weighted by molar-refractivity contribution is -0.136. The van der Waals surface area contributed by atoms with Gasteiger partial charge in [-0.3, -0.25) is 4.79 Å². The SMILES string of the molecule is N/C(=N\c1ccc(N2CCN(C(=O)C3CCc4ccccc4C3)CC2)cc1)c1cccs1. The van der Waals surface area contributed by atoms with Gasteiger partial charge in [0.15, 0.2) is 0 Å². The van der Waals surface area contributed by atoms with Gasteiger partial charge in [-0.25, -0.2) is 4.99 Å². The number of nitrogens with two attached hydrogens (primary N) is 1. The lowest BCUT2D eigenvalue weighted by atomic mass is 9.83. The summed E-state index contributed by atoms with van der Waals surface area (Å²) >= 11 is 1.59. The molecule has 32 heavy (non-hydrogen) atoms. The van der Waals surface area contributed by atoms with Gasteiger partial charge in [-0.2, -0.15) is 0 Å². The highest BCUT2D eigenvalue weighted by Gasteiger charge is 2.30. The van der Waals surface area contributed by atoms with Crippen LogP contribution in [0.1, 0.15) is 22.4 Å². The second-order valence-corrected chi connectivity index (χ2v) is 9.46. The number of hydrogen-bond acceptors (Lipinski definition) is 4. The Morgan fingerprint density at radius 3 is 2.41 bits per heavy atom. The van der Waals surface area contributed by atoms with Crippen molar-refractivity contribution in [2.24, 2.45) is 16.6 Å². The Morgan fingerprint density at radius 1 is 0.938 bits per heavy atom. The summed E-state index contributed by atoms with van der Waals surface area (Å²) in [5.41, 5.74) is 10.9. The third-order valence-corrected chi connectivity index (χ3v) is 7.42. The molecule has 1 atom stereocenters. The van der Waals surface area contributed by atoms with Gasteiger partial charge in [0, 0.05) is 37.8 Å². The molecule has 1 amide bonds. The summed E-state index contributed by atoms with van der Waals surface area (Å²) in [5, 5.41) is 2.00. The Balaban J connectivity index is 1.17. The highest BCUT2D eigenvalue weighted by Crippen LogP contribution is 2.28. The Kier molecular flexibility index (Phi) is 5.95. The number of thiophene rings is 1. The van der Waals surface area contributed by atoms with Crippen molar-refractivity contribution >= 4 is 34.5 Å². The maximum atomic E-state index is 13.1. The number of amides is 1. The van der Waals surface area contributed by atoms with Gasteiger partial charge in [0.2, 0.25) is 5.91 Å². The van der Waals surface area contributed by atoms with Crippen LogP contribution in [0.25, 0.3) is 0 Å². The fourth-order valence-electron chi connectivity index (χ4n) is 4.71. The average Bonchev–Trinajstić information content (AvgIpc) is 3.39. The summed E-state index contributed by atoms with van der Waals surface area (Å²) in [7, 11) is 0. The van der Waals surface area contributed by atoms with Crippen LogP contribution in [-0.2, 0) is 17.6 Å². The lowest BCUT2D eigenvalue weighted by Gasteiger charge is -2.38. The predicted molar refractivity (Wildman–Crippen MR) is 132 cm³/mol. The molecule has 2 N–H and O–H groups in total. The normalized spacial score (nSPS) is 19.0. The largest absolute Gasteiger partial charge is 0.383 e. The highest BCUT2D eigenvalue weighted by atomic mass is 32.1. The fourth-order valence-corrected chi connectivity index (χ4v) is 5.34. The van der Waals surface area contributed by atoms with Crippen molar-refractivity contribution in [1.29, 1.82) is 0 Å². The Morgan fingerprint density at radius 2 is 1.69 bits per heavy atom. The van der Waals surface area contributed by atoms with Gasteiger partial charge in [-0.1, -0.05) is 30.3 Å². The van der Waals surface area contributed by atoms with Crippen molar-refractivity contribution in [2.45, 2.75) is 19.3 Å². The Labute approximate surface area is 193 Å². The molecule has 5 rings (SSSR count). The number of aliphatic imine (C=N–C) groups is 1. The van der Waals surface area contributed by atoms with Crippen LogP contribution in [0.4, 0.5) is 11.4 Å². The quantitative estimate of drug-likeness (QED) is 0.484. The van der Waals surface area contributed by atoms with E-state index in [2.05, 4.69) is 51.2 Å². The molecule has 164 valence electrons. The van der Waals surface area contributed by atoms with Crippen LogP contribution in [0, 0.1) is 5.92 Å². The number of nitrogens with zero attached hydrogens (tertiary/aromatic N) is 3. The van der Waals surface area contributed by atoms with Crippen molar-refractivity contribution in [3.05, 3.63) is 82.0 Å². The van der Waals surface area contributed by atoms with Gasteiger partial charge < -0.3 is 15.5 Å². The molecule has 1 fully saturated rings. The minimum Gasteiger partial charge on any atom is -0.383 e. The van der Waals surface area contributed by atoms with Crippen molar-refractivity contribution in [3.63, 3.8) is 0 Å². The zero-order valence-electron chi connectivity index (χ0n) is 18.1. The number of rotatable bonds is 4. The number of carbonyl (C=O) groups is 1. The maximum absolute atomic E-state index is 13.1. The molecular formula is C26H28N4OS. The fraction of sp³-hybridized carbons (Fsp3) is 0.308. The highest BCUT2D eigenvalue weighted by molar-refractivity contribution is 7.12. The van der Waals surface area contributed by atoms with Crippen LogP contribution in [0.5, 0.6) is 0 Å². The predicted octanol–water partition coefficient (Wildman–Crippen LogP) is 4.24. The van der Waals surface area contributed by atoms with Crippen LogP contribution in [-0.4, -0.2) is 42.8 Å². The van der Waals surface area contributed by atoms with E-state index in [4.69, 9.17) is 5.73 Å². The van der Waals surface area contributed by atoms with Gasteiger partial charge >= 0.3 is 0 Å². The van der Waals surface area contributed by atoms with E-state index in [9.17, 15) is 4.79 Å². The van der Waals surface area contributed by atoms with Crippen molar-refractivity contribution < 1.29 is 4.79 Å². The number of aryl methyl sites for hydroxylation is 1. The van der Waals surface area contributed by atoms with Crippen molar-refractivity contribution in [1.82, 2.24) is 4.90 Å². The molecule has 1 saturated heterocycles. The molecule has 2 aromatic carbocycles. The third kappa shape index (κ3) is 4.41. The first kappa shape index (κ1) is 20.8. The van der Waals surface area contributed by atoms with Gasteiger partial charge in [0.25, 0.3) is 0 Å². The van der Waals surface area contributed by atoms with Crippen molar-refractivity contribution in [2.75, 3.05) is 31.1 Å². The van der Waals surface area contributed by atoms with Crippen LogP contribution in [0.3, 0.4) is 0 Å². The van der Waals surface area contributed by atoms with Crippen LogP contribution in [0.2, 0.25) is 0 Å². The zero-order valence-corrected chi connectivity index (χ0v) is 18.9. The summed E-state index contributed by atoms with van der Waals surface area (Å²) in [6.07, 6.45) is 2.86. The van der Waals surface area contributed by atoms with E-state index in [-0.39, 0.29) is 5.92 Å². The number of amidine groups is 1. The first-order valence-electron chi connectivity index (χ1n) is 11.3. The van der Waals surface area contributed by atoms with Gasteiger partial charge in [0.1, 0.15) is 5.84 Å². The monoisotopic (exact) mass is 444 g/mol. The molecular weight excluding hydrogens is 416 g/mol. The molecule has 1 aliphatic carbocycles. The maximum Gasteiger partial charge on any atom is 0.226 e. The molecule has 5 nitrogen and oxygen atoms in total. The first-order chi connectivity index (χ1) is 15.7. The Hall–Kier alpha value is -3.12. The first-order valence-corrected chi connectivity index (χ1v) is 12.1. The summed E-state index contributed by atoms with van der Waals surface area (Å²) in [6, 6.07) is 20.7. The minimum atomic E-state index is 0.127. The van der Waals surface area contributed by atoms with E-state index < -0.39 is 0 Å². The van der Waals surface area contributed by atoms with Crippen LogP contribution in [0.15, 0.2) is 71.0 Å². The number of hydrogen-bond donors (Lipinski definition) is 1. The number of piperazine rings is 1. The number of benzene rings is 2. The summed E-state index contributed by atoms with van der Waals surface area (Å²) < 4.78 is 0. The van der Waals surface area contributed by atoms with E-state index in [1.54, 1.807) is 11.3 Å². The molecule has 2 aliphatic rings. The van der Waals surface area contributed by atoms with Crippen LogP contribution < -0.4 is 10.6 Å². The number of carbonyl (C=O) groups excluding carboxylic acids is 1. The van der Waals surface area contributed by atoms with Gasteiger partial charge in [0.05, 0.1) is 10.6 Å². The molecule has 0 bridgehead atoms. The summed E-state index contributed by atoms with van der Waals surface area (Å²) in [4.78, 5) is 23.0. The molecule has 0 spiro atoms. The molecule has 1 unspecified atom stereocenters. The lowest BCUT2D eigenvalue weighted by Crippen LogP contribution is -2.51. The third-order valence-electron chi connectivity index (χ3n) is 6.53. The van der Waals surface area contributed by atoms with Crippen molar-refractivity contribution in [3.8, 4) is 0 Å². The second-order valence-electron chi connectivity index (χ2n) is 8.51. The van der Waals surface area contributed by atoms with E-state index in [1.165, 1.54) is 11.1 Å². The molecule has 2 heterocycles. The number of anilines is 1. The molecule has 1 aliphatic heterocycles. The van der Waals surface area contributed by atoms with Gasteiger partial charge in [-0.15, -0.1) is 11.3 Å². The standard InChI is InChI=1S/C26H28N4OS/c27-25(24-6-3-17-32-24)28-22-9-11-23(12-10-22)29-13-15-30(16-14-29)26(31)21-8-7-19-4-1-2-5-20(19)18-21/h1-6,9-12,17,21H,7-8,13-16,18H2,(H2,27,28). The molecule has 6 heteroatoms. The number of fused-ring (bicyclic) bond motifs is 1. The van der Waals surface area contributed by atoms with Gasteiger partial charge in [-0.05, 0) is 66.1 Å². The average molecular weight is 445 g/mol. The molecule has 3 aromatic rings. The van der Waals surface area contributed by atoms with E-state index in [1.807, 2.05) is 29.6 Å². The van der Waals surface area contributed by atoms with E-state index in [0.717, 1.165) is 61.7 Å². The minimum absolute atomic E-state index is 0.127. The second kappa shape index (κ2) is 9.17.